The summed E-state index contributed by atoms with van der Waals surface area (Å²) in [6.45, 7) is 4.76. The molecule has 2 heterocycles. The SMILES string of the molecule is CCOc1cccc(C(=O)N2CCN(CC3CC3)C3CS(=O)(=O)CC32)c1. The summed E-state index contributed by atoms with van der Waals surface area (Å²) in [6.07, 6.45) is 2.49. The van der Waals surface area contributed by atoms with E-state index in [0.29, 0.717) is 30.4 Å². The van der Waals surface area contributed by atoms with Crippen LogP contribution >= 0.6 is 0 Å². The molecule has 2 aliphatic heterocycles. The zero-order valence-corrected chi connectivity index (χ0v) is 16.0. The molecule has 1 aliphatic carbocycles. The minimum Gasteiger partial charge on any atom is -0.494 e. The lowest BCUT2D eigenvalue weighted by atomic mass is 10.0. The fraction of sp³-hybridized carbons (Fsp3) is 0.632. The molecule has 1 aromatic carbocycles. The van der Waals surface area contributed by atoms with Crippen molar-refractivity contribution in [2.24, 2.45) is 5.92 Å². The van der Waals surface area contributed by atoms with E-state index in [-0.39, 0.29) is 29.5 Å². The molecule has 0 spiro atoms. The monoisotopic (exact) mass is 378 g/mol. The summed E-state index contributed by atoms with van der Waals surface area (Å²) >= 11 is 0. The van der Waals surface area contributed by atoms with Crippen molar-refractivity contribution >= 4 is 15.7 Å². The number of nitrogens with zero attached hydrogens (tertiary/aromatic N) is 2. The maximum absolute atomic E-state index is 13.1. The largest absolute Gasteiger partial charge is 0.494 e. The van der Waals surface area contributed by atoms with Gasteiger partial charge < -0.3 is 9.64 Å². The Bertz CT molecular complexity index is 790. The van der Waals surface area contributed by atoms with Crippen molar-refractivity contribution in [3.8, 4) is 5.75 Å². The van der Waals surface area contributed by atoms with E-state index in [1.165, 1.54) is 12.8 Å². The molecule has 2 atom stereocenters. The van der Waals surface area contributed by atoms with Gasteiger partial charge in [0, 0.05) is 31.2 Å². The molecule has 1 saturated carbocycles. The second-order valence-corrected chi connectivity index (χ2v) is 9.76. The van der Waals surface area contributed by atoms with E-state index in [2.05, 4.69) is 4.90 Å². The Hall–Kier alpha value is -1.60. The standard InChI is InChI=1S/C19H26N2O4S/c1-2-25-16-5-3-4-15(10-16)19(22)21-9-8-20(11-14-6-7-14)17-12-26(23,24)13-18(17)21/h3-5,10,14,17-18H,2,6-9,11-13H2,1H3. The van der Waals surface area contributed by atoms with Crippen LogP contribution in [0.25, 0.3) is 0 Å². The van der Waals surface area contributed by atoms with Crippen LogP contribution in [0.1, 0.15) is 30.1 Å². The van der Waals surface area contributed by atoms with Crippen molar-refractivity contribution < 1.29 is 17.9 Å². The molecule has 142 valence electrons. The second-order valence-electron chi connectivity index (χ2n) is 7.61. The normalized spacial score (nSPS) is 28.0. The number of sulfone groups is 1. The number of benzene rings is 1. The first-order chi connectivity index (χ1) is 12.5. The van der Waals surface area contributed by atoms with Crippen LogP contribution in [-0.4, -0.2) is 74.0 Å². The van der Waals surface area contributed by atoms with Gasteiger partial charge in [-0.2, -0.15) is 0 Å². The maximum atomic E-state index is 13.1. The van der Waals surface area contributed by atoms with Gasteiger partial charge in [-0.15, -0.1) is 0 Å². The van der Waals surface area contributed by atoms with Crippen molar-refractivity contribution in [1.29, 1.82) is 0 Å². The Morgan fingerprint density at radius 1 is 1.19 bits per heavy atom. The van der Waals surface area contributed by atoms with Gasteiger partial charge in [-0.3, -0.25) is 9.69 Å². The molecule has 2 unspecified atom stereocenters. The highest BCUT2D eigenvalue weighted by molar-refractivity contribution is 7.91. The smallest absolute Gasteiger partial charge is 0.254 e. The Labute approximate surface area is 155 Å². The Balaban J connectivity index is 1.56. The molecule has 3 fully saturated rings. The van der Waals surface area contributed by atoms with E-state index in [9.17, 15) is 13.2 Å². The van der Waals surface area contributed by atoms with Crippen molar-refractivity contribution in [3.63, 3.8) is 0 Å². The molecular formula is C19H26N2O4S. The highest BCUT2D eigenvalue weighted by atomic mass is 32.2. The lowest BCUT2D eigenvalue weighted by Gasteiger charge is -2.44. The number of hydrogen-bond donors (Lipinski definition) is 0. The lowest BCUT2D eigenvalue weighted by molar-refractivity contribution is 0.0318. The Morgan fingerprint density at radius 3 is 2.69 bits per heavy atom. The number of piperazine rings is 1. The first kappa shape index (κ1) is 17.8. The van der Waals surface area contributed by atoms with Crippen LogP contribution in [0.5, 0.6) is 5.75 Å². The van der Waals surface area contributed by atoms with Crippen LogP contribution < -0.4 is 4.74 Å². The molecule has 4 rings (SSSR count). The minimum atomic E-state index is -3.10. The summed E-state index contributed by atoms with van der Waals surface area (Å²) in [5.74, 6) is 1.54. The molecule has 1 amide bonds. The number of carbonyl (C=O) groups is 1. The van der Waals surface area contributed by atoms with E-state index in [4.69, 9.17) is 4.74 Å². The van der Waals surface area contributed by atoms with E-state index >= 15 is 0 Å². The summed E-state index contributed by atoms with van der Waals surface area (Å²) in [6, 6.07) is 6.87. The number of hydrogen-bond acceptors (Lipinski definition) is 5. The Morgan fingerprint density at radius 2 is 1.96 bits per heavy atom. The van der Waals surface area contributed by atoms with Crippen molar-refractivity contribution in [2.45, 2.75) is 31.8 Å². The number of amides is 1. The third kappa shape index (κ3) is 3.60. The van der Waals surface area contributed by atoms with Crippen molar-refractivity contribution in [2.75, 3.05) is 37.7 Å². The molecule has 0 bridgehead atoms. The van der Waals surface area contributed by atoms with Gasteiger partial charge in [0.25, 0.3) is 5.91 Å². The zero-order valence-electron chi connectivity index (χ0n) is 15.1. The van der Waals surface area contributed by atoms with E-state index in [0.717, 1.165) is 13.1 Å². The average molecular weight is 378 g/mol. The van der Waals surface area contributed by atoms with E-state index in [1.54, 1.807) is 17.0 Å². The quantitative estimate of drug-likeness (QED) is 0.775. The van der Waals surface area contributed by atoms with Crippen LogP contribution in [0.2, 0.25) is 0 Å². The number of carbonyl (C=O) groups excluding carboxylic acids is 1. The molecule has 6 nitrogen and oxygen atoms in total. The molecule has 2 saturated heterocycles. The van der Waals surface area contributed by atoms with Gasteiger partial charge in [0.2, 0.25) is 0 Å². The molecule has 1 aromatic rings. The predicted octanol–water partition coefficient (Wildman–Crippen LogP) is 1.42. The van der Waals surface area contributed by atoms with Gasteiger partial charge in [0.05, 0.1) is 24.2 Å². The summed E-state index contributed by atoms with van der Waals surface area (Å²) < 4.78 is 30.1. The highest BCUT2D eigenvalue weighted by Crippen LogP contribution is 2.34. The third-order valence-corrected chi connectivity index (χ3v) is 7.33. The summed E-state index contributed by atoms with van der Waals surface area (Å²) in [5, 5.41) is 0. The predicted molar refractivity (Wildman–Crippen MR) is 99.2 cm³/mol. The van der Waals surface area contributed by atoms with Gasteiger partial charge >= 0.3 is 0 Å². The molecular weight excluding hydrogens is 352 g/mol. The van der Waals surface area contributed by atoms with Gasteiger partial charge in [-0.1, -0.05) is 6.07 Å². The first-order valence-corrected chi connectivity index (χ1v) is 11.3. The molecule has 0 radical (unpaired) electrons. The number of ether oxygens (including phenoxy) is 1. The van der Waals surface area contributed by atoms with Crippen LogP contribution in [-0.2, 0) is 9.84 Å². The number of rotatable bonds is 5. The average Bonchev–Trinajstić information content (AvgIpc) is 3.35. The fourth-order valence-corrected chi connectivity index (χ4v) is 6.20. The van der Waals surface area contributed by atoms with Gasteiger partial charge in [-0.25, -0.2) is 8.42 Å². The van der Waals surface area contributed by atoms with Crippen molar-refractivity contribution in [1.82, 2.24) is 9.80 Å². The highest BCUT2D eigenvalue weighted by Gasteiger charge is 2.48. The van der Waals surface area contributed by atoms with Crippen LogP contribution in [0.3, 0.4) is 0 Å². The lowest BCUT2D eigenvalue weighted by Crippen LogP contribution is -2.60. The molecule has 3 aliphatic rings. The van der Waals surface area contributed by atoms with E-state index in [1.807, 2.05) is 19.1 Å². The maximum Gasteiger partial charge on any atom is 0.254 e. The molecule has 0 aromatic heterocycles. The summed E-state index contributed by atoms with van der Waals surface area (Å²) in [5.41, 5.74) is 0.564. The topological polar surface area (TPSA) is 66.9 Å². The van der Waals surface area contributed by atoms with Gasteiger partial charge in [-0.05, 0) is 43.9 Å². The van der Waals surface area contributed by atoms with Crippen LogP contribution in [0, 0.1) is 5.92 Å². The second kappa shape index (κ2) is 6.85. The third-order valence-electron chi connectivity index (χ3n) is 5.63. The first-order valence-electron chi connectivity index (χ1n) is 9.45. The molecule has 0 N–H and O–H groups in total. The number of fused-ring (bicyclic) bond motifs is 1. The van der Waals surface area contributed by atoms with Crippen LogP contribution in [0.4, 0.5) is 0 Å². The molecule has 26 heavy (non-hydrogen) atoms. The Kier molecular flexibility index (Phi) is 4.69. The zero-order chi connectivity index (χ0) is 18.3. The fourth-order valence-electron chi connectivity index (χ4n) is 4.19. The van der Waals surface area contributed by atoms with Gasteiger partial charge in [0.1, 0.15) is 5.75 Å². The summed E-state index contributed by atoms with van der Waals surface area (Å²) in [7, 11) is -3.10. The van der Waals surface area contributed by atoms with Gasteiger partial charge in [0.15, 0.2) is 9.84 Å². The molecule has 7 heteroatoms. The van der Waals surface area contributed by atoms with Crippen molar-refractivity contribution in [3.05, 3.63) is 29.8 Å². The summed E-state index contributed by atoms with van der Waals surface area (Å²) in [4.78, 5) is 17.2. The van der Waals surface area contributed by atoms with Crippen LogP contribution in [0.15, 0.2) is 24.3 Å². The van der Waals surface area contributed by atoms with E-state index < -0.39 is 9.84 Å². The minimum absolute atomic E-state index is 0.0617.